The van der Waals surface area contributed by atoms with E-state index in [0.29, 0.717) is 6.54 Å². The first-order valence-corrected chi connectivity index (χ1v) is 6.60. The van der Waals surface area contributed by atoms with Gasteiger partial charge in [-0.15, -0.1) is 11.3 Å². The molecule has 0 saturated heterocycles. The molecule has 0 radical (unpaired) electrons. The van der Waals surface area contributed by atoms with Gasteiger partial charge >= 0.3 is 0 Å². The molecule has 17 heavy (non-hydrogen) atoms. The van der Waals surface area contributed by atoms with Gasteiger partial charge in [0.25, 0.3) is 0 Å². The van der Waals surface area contributed by atoms with Gasteiger partial charge in [-0.05, 0) is 29.1 Å². The van der Waals surface area contributed by atoms with Crippen molar-refractivity contribution in [2.45, 2.75) is 13.1 Å². The summed E-state index contributed by atoms with van der Waals surface area (Å²) in [6.07, 6.45) is 3.67. The number of nitrogens with two attached hydrogens (primary N) is 1. The maximum atomic E-state index is 5.66. The second-order valence-corrected chi connectivity index (χ2v) is 4.97. The second kappa shape index (κ2) is 6.49. The van der Waals surface area contributed by atoms with Crippen LogP contribution in [0, 0.1) is 0 Å². The maximum absolute atomic E-state index is 5.66. The lowest BCUT2D eigenvalue weighted by Crippen LogP contribution is -2.28. The SMILES string of the molecule is NCCN(Cc1ccncc1)Cc1cccs1. The first kappa shape index (κ1) is 12.2. The average molecular weight is 247 g/mol. The zero-order valence-corrected chi connectivity index (χ0v) is 10.6. The third kappa shape index (κ3) is 3.93. The van der Waals surface area contributed by atoms with Crippen molar-refractivity contribution in [2.75, 3.05) is 13.1 Å². The molecule has 0 atom stereocenters. The van der Waals surface area contributed by atoms with Crippen LogP contribution in [-0.4, -0.2) is 23.0 Å². The molecular formula is C13H17N3S. The summed E-state index contributed by atoms with van der Waals surface area (Å²) in [4.78, 5) is 7.78. The van der Waals surface area contributed by atoms with Crippen molar-refractivity contribution in [3.8, 4) is 0 Å². The number of hydrogen-bond acceptors (Lipinski definition) is 4. The van der Waals surface area contributed by atoms with Gasteiger partial charge in [0, 0.05) is 43.4 Å². The summed E-state index contributed by atoms with van der Waals surface area (Å²) in [5.41, 5.74) is 6.94. The average Bonchev–Trinajstić information content (AvgIpc) is 2.83. The van der Waals surface area contributed by atoms with Crippen LogP contribution >= 0.6 is 11.3 Å². The van der Waals surface area contributed by atoms with Gasteiger partial charge in [-0.1, -0.05) is 6.07 Å². The minimum atomic E-state index is 0.691. The molecule has 2 heterocycles. The standard InChI is InChI=1S/C13H17N3S/c14-5-8-16(11-13-2-1-9-17-13)10-12-3-6-15-7-4-12/h1-4,6-7,9H,5,8,10-11,14H2. The van der Waals surface area contributed by atoms with Crippen molar-refractivity contribution in [1.82, 2.24) is 9.88 Å². The number of nitrogens with zero attached hydrogens (tertiary/aromatic N) is 2. The Balaban J connectivity index is 1.97. The molecule has 3 nitrogen and oxygen atoms in total. The summed E-state index contributed by atoms with van der Waals surface area (Å²) in [6.45, 7) is 3.51. The Morgan fingerprint density at radius 2 is 2.00 bits per heavy atom. The monoisotopic (exact) mass is 247 g/mol. The zero-order chi connectivity index (χ0) is 11.9. The van der Waals surface area contributed by atoms with Gasteiger partial charge in [-0.25, -0.2) is 0 Å². The van der Waals surface area contributed by atoms with Crippen LogP contribution in [0.5, 0.6) is 0 Å². The van der Waals surface area contributed by atoms with Crippen LogP contribution in [0.1, 0.15) is 10.4 Å². The van der Waals surface area contributed by atoms with Gasteiger partial charge in [-0.3, -0.25) is 9.88 Å². The molecule has 2 aromatic rings. The molecule has 0 spiro atoms. The van der Waals surface area contributed by atoms with Crippen LogP contribution in [0.4, 0.5) is 0 Å². The second-order valence-electron chi connectivity index (χ2n) is 3.93. The number of rotatable bonds is 6. The summed E-state index contributed by atoms with van der Waals surface area (Å²) in [7, 11) is 0. The molecule has 0 fully saturated rings. The van der Waals surface area contributed by atoms with E-state index in [-0.39, 0.29) is 0 Å². The number of thiophene rings is 1. The fraction of sp³-hybridized carbons (Fsp3) is 0.308. The van der Waals surface area contributed by atoms with E-state index in [2.05, 4.69) is 39.5 Å². The quantitative estimate of drug-likeness (QED) is 0.850. The van der Waals surface area contributed by atoms with Crippen molar-refractivity contribution in [3.05, 3.63) is 52.5 Å². The highest BCUT2D eigenvalue weighted by atomic mass is 32.1. The van der Waals surface area contributed by atoms with E-state index in [1.165, 1.54) is 10.4 Å². The molecule has 0 bridgehead atoms. The van der Waals surface area contributed by atoms with Crippen LogP contribution in [0.25, 0.3) is 0 Å². The first-order chi connectivity index (χ1) is 8.38. The summed E-state index contributed by atoms with van der Waals surface area (Å²) in [6, 6.07) is 8.36. The smallest absolute Gasteiger partial charge is 0.0331 e. The minimum absolute atomic E-state index is 0.691. The summed E-state index contributed by atoms with van der Waals surface area (Å²) < 4.78 is 0. The van der Waals surface area contributed by atoms with Crippen LogP contribution in [0.2, 0.25) is 0 Å². The van der Waals surface area contributed by atoms with Crippen LogP contribution in [0.3, 0.4) is 0 Å². The third-order valence-corrected chi connectivity index (χ3v) is 3.42. The van der Waals surface area contributed by atoms with Crippen molar-refractivity contribution < 1.29 is 0 Å². The van der Waals surface area contributed by atoms with Gasteiger partial charge in [0.1, 0.15) is 0 Å². The molecule has 90 valence electrons. The molecule has 0 aliphatic heterocycles. The molecule has 0 aliphatic rings. The molecule has 2 aromatic heterocycles. The Hall–Kier alpha value is -1.23. The largest absolute Gasteiger partial charge is 0.329 e. The lowest BCUT2D eigenvalue weighted by Gasteiger charge is -2.20. The fourth-order valence-electron chi connectivity index (χ4n) is 1.77. The Morgan fingerprint density at radius 1 is 1.18 bits per heavy atom. The Morgan fingerprint density at radius 3 is 2.65 bits per heavy atom. The van der Waals surface area contributed by atoms with Gasteiger partial charge < -0.3 is 5.73 Å². The molecule has 2 rings (SSSR count). The summed E-state index contributed by atoms with van der Waals surface area (Å²) in [5, 5.41) is 2.11. The summed E-state index contributed by atoms with van der Waals surface area (Å²) in [5.74, 6) is 0. The van der Waals surface area contributed by atoms with Gasteiger partial charge in [-0.2, -0.15) is 0 Å². The number of hydrogen-bond donors (Lipinski definition) is 1. The number of aromatic nitrogens is 1. The molecule has 0 amide bonds. The minimum Gasteiger partial charge on any atom is -0.329 e. The van der Waals surface area contributed by atoms with Gasteiger partial charge in [0.15, 0.2) is 0 Å². The van der Waals surface area contributed by atoms with Crippen molar-refractivity contribution in [1.29, 1.82) is 0 Å². The van der Waals surface area contributed by atoms with Crippen molar-refractivity contribution >= 4 is 11.3 Å². The lowest BCUT2D eigenvalue weighted by atomic mass is 10.2. The van der Waals surface area contributed by atoms with Gasteiger partial charge in [0.2, 0.25) is 0 Å². The molecule has 0 unspecified atom stereocenters. The Bertz CT molecular complexity index is 413. The highest BCUT2D eigenvalue weighted by Gasteiger charge is 2.06. The van der Waals surface area contributed by atoms with E-state index in [9.17, 15) is 0 Å². The topological polar surface area (TPSA) is 42.1 Å². The Labute approximate surface area is 106 Å². The highest BCUT2D eigenvalue weighted by Crippen LogP contribution is 2.13. The third-order valence-electron chi connectivity index (χ3n) is 2.56. The van der Waals surface area contributed by atoms with Crippen molar-refractivity contribution in [2.24, 2.45) is 5.73 Å². The molecule has 0 saturated carbocycles. The van der Waals surface area contributed by atoms with E-state index >= 15 is 0 Å². The van der Waals surface area contributed by atoms with E-state index in [4.69, 9.17) is 5.73 Å². The normalized spacial score (nSPS) is 10.9. The fourth-order valence-corrected chi connectivity index (χ4v) is 2.51. The maximum Gasteiger partial charge on any atom is 0.0331 e. The lowest BCUT2D eigenvalue weighted by molar-refractivity contribution is 0.266. The van der Waals surface area contributed by atoms with E-state index < -0.39 is 0 Å². The molecule has 2 N–H and O–H groups in total. The van der Waals surface area contributed by atoms with Crippen LogP contribution < -0.4 is 5.73 Å². The molecule has 0 aromatic carbocycles. The molecular weight excluding hydrogens is 230 g/mol. The highest BCUT2D eigenvalue weighted by molar-refractivity contribution is 7.09. The van der Waals surface area contributed by atoms with E-state index in [1.807, 2.05) is 12.4 Å². The first-order valence-electron chi connectivity index (χ1n) is 5.72. The summed E-state index contributed by atoms with van der Waals surface area (Å²) >= 11 is 1.79. The van der Waals surface area contributed by atoms with E-state index in [0.717, 1.165) is 19.6 Å². The number of pyridine rings is 1. The van der Waals surface area contributed by atoms with Crippen LogP contribution in [0.15, 0.2) is 42.0 Å². The predicted molar refractivity (Wildman–Crippen MR) is 71.7 cm³/mol. The molecule has 4 heteroatoms. The Kier molecular flexibility index (Phi) is 4.67. The van der Waals surface area contributed by atoms with Crippen molar-refractivity contribution in [3.63, 3.8) is 0 Å². The molecule has 0 aliphatic carbocycles. The predicted octanol–water partition coefficient (Wildman–Crippen LogP) is 2.10. The van der Waals surface area contributed by atoms with Gasteiger partial charge in [0.05, 0.1) is 0 Å². The van der Waals surface area contributed by atoms with E-state index in [1.54, 1.807) is 11.3 Å². The van der Waals surface area contributed by atoms with Crippen LogP contribution in [-0.2, 0) is 13.1 Å². The zero-order valence-electron chi connectivity index (χ0n) is 9.75.